The molecule has 0 bridgehead atoms. The average Bonchev–Trinajstić information content (AvgIpc) is 3.30. The summed E-state index contributed by atoms with van der Waals surface area (Å²) in [6.45, 7) is 0.540. The SMILES string of the molecule is Nc1ccccc1C(=O)N(Cc1ccccn1)C1CC1. The molecular weight excluding hydrogens is 250 g/mol. The van der Waals surface area contributed by atoms with Gasteiger partial charge in [0, 0.05) is 17.9 Å². The maximum absolute atomic E-state index is 12.7. The second kappa shape index (κ2) is 5.33. The number of nitrogens with two attached hydrogens (primary N) is 1. The van der Waals surface area contributed by atoms with Crippen LogP contribution in [0.5, 0.6) is 0 Å². The minimum Gasteiger partial charge on any atom is -0.398 e. The van der Waals surface area contributed by atoms with Crippen LogP contribution in [0.25, 0.3) is 0 Å². The first-order chi connectivity index (χ1) is 9.75. The van der Waals surface area contributed by atoms with Gasteiger partial charge in [-0.1, -0.05) is 18.2 Å². The number of aromatic nitrogens is 1. The fourth-order valence-electron chi connectivity index (χ4n) is 2.27. The largest absolute Gasteiger partial charge is 0.398 e. The van der Waals surface area contributed by atoms with Crippen LogP contribution >= 0.6 is 0 Å². The van der Waals surface area contributed by atoms with Crippen molar-refractivity contribution < 1.29 is 4.79 Å². The zero-order chi connectivity index (χ0) is 13.9. The molecule has 2 aromatic rings. The number of nitrogens with zero attached hydrogens (tertiary/aromatic N) is 2. The number of anilines is 1. The lowest BCUT2D eigenvalue weighted by Gasteiger charge is -2.22. The second-order valence-corrected chi connectivity index (χ2v) is 5.07. The molecule has 1 fully saturated rings. The smallest absolute Gasteiger partial charge is 0.256 e. The Hall–Kier alpha value is -2.36. The third-order valence-electron chi connectivity index (χ3n) is 3.50. The third kappa shape index (κ3) is 2.64. The second-order valence-electron chi connectivity index (χ2n) is 5.07. The number of carbonyl (C=O) groups is 1. The van der Waals surface area contributed by atoms with E-state index in [1.165, 1.54) is 0 Å². The predicted octanol–water partition coefficient (Wildman–Crippen LogP) is 2.47. The highest BCUT2D eigenvalue weighted by Gasteiger charge is 2.33. The molecule has 1 aliphatic rings. The van der Waals surface area contributed by atoms with Crippen LogP contribution in [-0.4, -0.2) is 21.8 Å². The van der Waals surface area contributed by atoms with Crippen molar-refractivity contribution in [3.05, 3.63) is 59.9 Å². The Bertz CT molecular complexity index is 608. The number of carbonyl (C=O) groups excluding carboxylic acids is 1. The van der Waals surface area contributed by atoms with Gasteiger partial charge in [-0.2, -0.15) is 0 Å². The molecule has 0 atom stereocenters. The molecule has 1 aromatic heterocycles. The van der Waals surface area contributed by atoms with Crippen molar-refractivity contribution in [1.29, 1.82) is 0 Å². The lowest BCUT2D eigenvalue weighted by Crippen LogP contribution is -2.33. The van der Waals surface area contributed by atoms with E-state index in [-0.39, 0.29) is 5.91 Å². The summed E-state index contributed by atoms with van der Waals surface area (Å²) in [6, 6.07) is 13.3. The fraction of sp³-hybridized carbons (Fsp3) is 0.250. The summed E-state index contributed by atoms with van der Waals surface area (Å²) in [4.78, 5) is 18.9. The maximum Gasteiger partial charge on any atom is 0.256 e. The molecule has 4 nitrogen and oxygen atoms in total. The summed E-state index contributed by atoms with van der Waals surface area (Å²) >= 11 is 0. The number of hydrogen-bond acceptors (Lipinski definition) is 3. The number of rotatable bonds is 4. The average molecular weight is 267 g/mol. The van der Waals surface area contributed by atoms with Gasteiger partial charge in [0.15, 0.2) is 0 Å². The Morgan fingerprint density at radius 1 is 1.20 bits per heavy atom. The molecule has 3 rings (SSSR count). The number of para-hydroxylation sites is 1. The van der Waals surface area contributed by atoms with Crippen molar-refractivity contribution >= 4 is 11.6 Å². The standard InChI is InChI=1S/C16H17N3O/c17-15-7-2-1-6-14(15)16(20)19(13-8-9-13)11-12-5-3-4-10-18-12/h1-7,10,13H,8-9,11,17H2. The van der Waals surface area contributed by atoms with Crippen LogP contribution in [0.2, 0.25) is 0 Å². The van der Waals surface area contributed by atoms with Crippen LogP contribution in [0, 0.1) is 0 Å². The molecule has 1 aromatic carbocycles. The van der Waals surface area contributed by atoms with Gasteiger partial charge < -0.3 is 10.6 Å². The normalized spacial score (nSPS) is 14.0. The van der Waals surface area contributed by atoms with Crippen LogP contribution in [0.1, 0.15) is 28.9 Å². The Balaban J connectivity index is 1.84. The number of nitrogen functional groups attached to an aromatic ring is 1. The Morgan fingerprint density at radius 2 is 1.95 bits per heavy atom. The van der Waals surface area contributed by atoms with Crippen LogP contribution in [0.4, 0.5) is 5.69 Å². The predicted molar refractivity (Wildman–Crippen MR) is 78.0 cm³/mol. The van der Waals surface area contributed by atoms with Crippen LogP contribution < -0.4 is 5.73 Å². The van der Waals surface area contributed by atoms with Gasteiger partial charge in [-0.05, 0) is 37.1 Å². The van der Waals surface area contributed by atoms with E-state index in [2.05, 4.69) is 4.98 Å². The highest BCUT2D eigenvalue weighted by atomic mass is 16.2. The highest BCUT2D eigenvalue weighted by Crippen LogP contribution is 2.30. The van der Waals surface area contributed by atoms with Crippen molar-refractivity contribution in [2.24, 2.45) is 0 Å². The molecule has 2 N–H and O–H groups in total. The lowest BCUT2D eigenvalue weighted by molar-refractivity contribution is 0.0729. The lowest BCUT2D eigenvalue weighted by atomic mass is 10.1. The van der Waals surface area contributed by atoms with Gasteiger partial charge in [0.25, 0.3) is 5.91 Å². The van der Waals surface area contributed by atoms with Crippen molar-refractivity contribution in [3.8, 4) is 0 Å². The number of benzene rings is 1. The molecule has 0 aliphatic heterocycles. The van der Waals surface area contributed by atoms with E-state index in [1.54, 1.807) is 18.3 Å². The van der Waals surface area contributed by atoms with E-state index in [1.807, 2.05) is 35.2 Å². The molecule has 4 heteroatoms. The number of hydrogen-bond donors (Lipinski definition) is 1. The van der Waals surface area contributed by atoms with Gasteiger partial charge in [0.1, 0.15) is 0 Å². The molecular formula is C16H17N3O. The molecule has 0 spiro atoms. The third-order valence-corrected chi connectivity index (χ3v) is 3.50. The van der Waals surface area contributed by atoms with Gasteiger partial charge in [-0.3, -0.25) is 9.78 Å². The van der Waals surface area contributed by atoms with E-state index in [0.717, 1.165) is 18.5 Å². The van der Waals surface area contributed by atoms with E-state index < -0.39 is 0 Å². The summed E-state index contributed by atoms with van der Waals surface area (Å²) in [5.74, 6) is -0.00347. The molecule has 1 aliphatic carbocycles. The van der Waals surface area contributed by atoms with E-state index in [9.17, 15) is 4.79 Å². The van der Waals surface area contributed by atoms with Gasteiger partial charge in [-0.15, -0.1) is 0 Å². The van der Waals surface area contributed by atoms with Gasteiger partial charge in [-0.25, -0.2) is 0 Å². The zero-order valence-electron chi connectivity index (χ0n) is 11.2. The Labute approximate surface area is 118 Å². The monoisotopic (exact) mass is 267 g/mol. The summed E-state index contributed by atoms with van der Waals surface area (Å²) in [6.07, 6.45) is 3.87. The van der Waals surface area contributed by atoms with Crippen LogP contribution in [-0.2, 0) is 6.54 Å². The number of amides is 1. The van der Waals surface area contributed by atoms with E-state index >= 15 is 0 Å². The topological polar surface area (TPSA) is 59.2 Å². The summed E-state index contributed by atoms with van der Waals surface area (Å²) in [5.41, 5.74) is 7.93. The molecule has 20 heavy (non-hydrogen) atoms. The molecule has 1 amide bonds. The van der Waals surface area contributed by atoms with E-state index in [4.69, 9.17) is 5.73 Å². The Morgan fingerprint density at radius 3 is 2.60 bits per heavy atom. The van der Waals surface area contributed by atoms with Crippen molar-refractivity contribution in [3.63, 3.8) is 0 Å². The summed E-state index contributed by atoms with van der Waals surface area (Å²) in [7, 11) is 0. The van der Waals surface area contributed by atoms with Crippen molar-refractivity contribution in [2.45, 2.75) is 25.4 Å². The molecule has 0 unspecified atom stereocenters. The number of pyridine rings is 1. The first kappa shape index (κ1) is 12.7. The first-order valence-electron chi connectivity index (χ1n) is 6.81. The molecule has 0 saturated heterocycles. The quantitative estimate of drug-likeness (QED) is 0.866. The van der Waals surface area contributed by atoms with Gasteiger partial charge in [0.2, 0.25) is 0 Å². The highest BCUT2D eigenvalue weighted by molar-refractivity contribution is 5.99. The Kier molecular flexibility index (Phi) is 3.37. The molecule has 102 valence electrons. The molecule has 0 radical (unpaired) electrons. The molecule has 1 saturated carbocycles. The van der Waals surface area contributed by atoms with E-state index in [0.29, 0.717) is 23.8 Å². The fourth-order valence-corrected chi connectivity index (χ4v) is 2.27. The van der Waals surface area contributed by atoms with Gasteiger partial charge in [0.05, 0.1) is 17.8 Å². The van der Waals surface area contributed by atoms with Crippen LogP contribution in [0.3, 0.4) is 0 Å². The summed E-state index contributed by atoms with van der Waals surface area (Å²) < 4.78 is 0. The van der Waals surface area contributed by atoms with Crippen molar-refractivity contribution in [2.75, 3.05) is 5.73 Å². The van der Waals surface area contributed by atoms with Crippen LogP contribution in [0.15, 0.2) is 48.7 Å². The maximum atomic E-state index is 12.7. The minimum absolute atomic E-state index is 0.00347. The van der Waals surface area contributed by atoms with Crippen molar-refractivity contribution in [1.82, 2.24) is 9.88 Å². The first-order valence-corrected chi connectivity index (χ1v) is 6.81. The minimum atomic E-state index is -0.00347. The summed E-state index contributed by atoms with van der Waals surface area (Å²) in [5, 5.41) is 0. The molecule has 1 heterocycles. The van der Waals surface area contributed by atoms with Gasteiger partial charge >= 0.3 is 0 Å². The zero-order valence-corrected chi connectivity index (χ0v) is 11.2.